The van der Waals surface area contributed by atoms with Crippen LogP contribution >= 0.6 is 0 Å². The molecule has 0 bridgehead atoms. The molecular weight excluding hydrogens is 334 g/mol. The molecule has 0 fully saturated rings. The van der Waals surface area contributed by atoms with Gasteiger partial charge in [0.25, 0.3) is 0 Å². The van der Waals surface area contributed by atoms with Crippen LogP contribution in [0.2, 0.25) is 0 Å². The van der Waals surface area contributed by atoms with E-state index in [0.29, 0.717) is 5.56 Å². The Morgan fingerprint density at radius 3 is 2.38 bits per heavy atom. The number of aliphatic hydroxyl groups is 1. The second kappa shape index (κ2) is 8.31. The van der Waals surface area contributed by atoms with Crippen molar-refractivity contribution >= 4 is 17.6 Å². The molecule has 2 unspecified atom stereocenters. The minimum Gasteiger partial charge on any atom is -0.478 e. The van der Waals surface area contributed by atoms with Gasteiger partial charge in [0.1, 0.15) is 0 Å². The molecule has 0 spiro atoms. The number of esters is 1. The molecule has 136 valence electrons. The fourth-order valence-corrected chi connectivity index (χ4v) is 2.61. The van der Waals surface area contributed by atoms with E-state index in [1.54, 1.807) is 55.5 Å². The maximum atomic E-state index is 12.4. The number of anilines is 1. The average Bonchev–Trinajstić information content (AvgIpc) is 2.66. The van der Waals surface area contributed by atoms with E-state index in [4.69, 9.17) is 4.74 Å². The smallest absolute Gasteiger partial charge is 0.344 e. The molecule has 0 saturated carbocycles. The summed E-state index contributed by atoms with van der Waals surface area (Å²) in [6.07, 6.45) is 1.10. The van der Waals surface area contributed by atoms with Crippen LogP contribution in [0.3, 0.4) is 0 Å². The van der Waals surface area contributed by atoms with Gasteiger partial charge in [-0.05, 0) is 30.7 Å². The Morgan fingerprint density at radius 1 is 1.19 bits per heavy atom. The summed E-state index contributed by atoms with van der Waals surface area (Å²) in [5.41, 5.74) is -1.24. The van der Waals surface area contributed by atoms with Crippen LogP contribution in [-0.4, -0.2) is 34.4 Å². The molecule has 0 aliphatic carbocycles. The number of hydrogen-bond acceptors (Lipinski definition) is 5. The highest BCUT2D eigenvalue weighted by Gasteiger charge is 2.44. The SMILES string of the molecule is C=CC(O)(C(=O)OCC)C(Nc1ccccc1C(=O)O)c1ccccc1. The molecule has 0 saturated heterocycles. The van der Waals surface area contributed by atoms with Crippen molar-refractivity contribution in [3.8, 4) is 0 Å². The summed E-state index contributed by atoms with van der Waals surface area (Å²) in [4.78, 5) is 23.9. The molecule has 6 nitrogen and oxygen atoms in total. The molecule has 2 rings (SSSR count). The van der Waals surface area contributed by atoms with Crippen LogP contribution < -0.4 is 5.32 Å². The van der Waals surface area contributed by atoms with Gasteiger partial charge in [-0.25, -0.2) is 9.59 Å². The summed E-state index contributed by atoms with van der Waals surface area (Å²) in [6, 6.07) is 14.0. The first kappa shape index (κ1) is 19.2. The van der Waals surface area contributed by atoms with Gasteiger partial charge >= 0.3 is 11.9 Å². The molecule has 0 amide bonds. The van der Waals surface area contributed by atoms with Crippen molar-refractivity contribution in [1.29, 1.82) is 0 Å². The van der Waals surface area contributed by atoms with Gasteiger partial charge in [-0.15, -0.1) is 0 Å². The van der Waals surface area contributed by atoms with Gasteiger partial charge in [0, 0.05) is 5.69 Å². The van der Waals surface area contributed by atoms with Crippen LogP contribution in [0.15, 0.2) is 67.3 Å². The van der Waals surface area contributed by atoms with Crippen LogP contribution in [0.5, 0.6) is 0 Å². The molecule has 2 aromatic carbocycles. The van der Waals surface area contributed by atoms with Crippen molar-refractivity contribution in [3.05, 3.63) is 78.4 Å². The lowest BCUT2D eigenvalue weighted by Crippen LogP contribution is -2.47. The van der Waals surface area contributed by atoms with Crippen molar-refractivity contribution in [1.82, 2.24) is 0 Å². The molecule has 0 heterocycles. The Balaban J connectivity index is 2.54. The van der Waals surface area contributed by atoms with Gasteiger partial charge in [0.15, 0.2) is 0 Å². The van der Waals surface area contributed by atoms with Gasteiger partial charge in [-0.2, -0.15) is 0 Å². The monoisotopic (exact) mass is 355 g/mol. The Hall–Kier alpha value is -3.12. The number of nitrogens with one attached hydrogen (secondary N) is 1. The molecular formula is C20H21NO5. The average molecular weight is 355 g/mol. The number of rotatable bonds is 8. The number of ether oxygens (including phenoxy) is 1. The number of hydrogen-bond donors (Lipinski definition) is 3. The molecule has 0 aliphatic rings. The van der Waals surface area contributed by atoms with Crippen LogP contribution in [0.4, 0.5) is 5.69 Å². The summed E-state index contributed by atoms with van der Waals surface area (Å²) < 4.78 is 5.00. The highest BCUT2D eigenvalue weighted by atomic mass is 16.5. The third kappa shape index (κ3) is 3.92. The van der Waals surface area contributed by atoms with Crippen LogP contribution in [0.25, 0.3) is 0 Å². The molecule has 0 aliphatic heterocycles. The highest BCUT2D eigenvalue weighted by Crippen LogP contribution is 2.33. The van der Waals surface area contributed by atoms with E-state index in [9.17, 15) is 19.8 Å². The Kier molecular flexibility index (Phi) is 6.14. The Morgan fingerprint density at radius 2 is 1.81 bits per heavy atom. The molecule has 2 atom stereocenters. The first-order chi connectivity index (χ1) is 12.4. The quantitative estimate of drug-likeness (QED) is 0.498. The second-order valence-electron chi connectivity index (χ2n) is 5.59. The van der Waals surface area contributed by atoms with Crippen molar-refractivity contribution < 1.29 is 24.5 Å². The third-order valence-electron chi connectivity index (χ3n) is 3.94. The zero-order chi connectivity index (χ0) is 19.2. The minimum atomic E-state index is -2.09. The van der Waals surface area contributed by atoms with E-state index in [1.807, 2.05) is 0 Å². The lowest BCUT2D eigenvalue weighted by atomic mass is 9.88. The van der Waals surface area contributed by atoms with Crippen LogP contribution in [0.1, 0.15) is 28.9 Å². The number of benzene rings is 2. The van der Waals surface area contributed by atoms with Gasteiger partial charge < -0.3 is 20.3 Å². The Bertz CT molecular complexity index is 790. The fourth-order valence-electron chi connectivity index (χ4n) is 2.61. The molecule has 2 aromatic rings. The Labute approximate surface area is 151 Å². The fraction of sp³-hybridized carbons (Fsp3) is 0.200. The topological polar surface area (TPSA) is 95.9 Å². The normalized spacial score (nSPS) is 13.9. The number of carboxylic acids is 1. The summed E-state index contributed by atoms with van der Waals surface area (Å²) in [5, 5.41) is 23.4. The highest BCUT2D eigenvalue weighted by molar-refractivity contribution is 5.94. The second-order valence-corrected chi connectivity index (χ2v) is 5.59. The zero-order valence-corrected chi connectivity index (χ0v) is 14.4. The lowest BCUT2D eigenvalue weighted by molar-refractivity contribution is -0.161. The minimum absolute atomic E-state index is 0.0173. The summed E-state index contributed by atoms with van der Waals surface area (Å²) in [6.45, 7) is 5.29. The van der Waals surface area contributed by atoms with E-state index >= 15 is 0 Å². The van der Waals surface area contributed by atoms with Crippen molar-refractivity contribution in [2.75, 3.05) is 11.9 Å². The van der Waals surface area contributed by atoms with Gasteiger partial charge in [-0.1, -0.05) is 49.0 Å². The molecule has 3 N–H and O–H groups in total. The van der Waals surface area contributed by atoms with E-state index in [0.717, 1.165) is 6.08 Å². The standard InChI is InChI=1S/C20H21NO5/c1-3-20(25,19(24)26-4-2)17(14-10-6-5-7-11-14)21-16-13-9-8-12-15(16)18(22)23/h3,5-13,17,21,25H,1,4H2,2H3,(H,22,23). The maximum absolute atomic E-state index is 12.4. The first-order valence-electron chi connectivity index (χ1n) is 8.11. The number of carbonyl (C=O) groups excluding carboxylic acids is 1. The van der Waals surface area contributed by atoms with Crippen molar-refractivity contribution in [3.63, 3.8) is 0 Å². The largest absolute Gasteiger partial charge is 0.478 e. The molecule has 26 heavy (non-hydrogen) atoms. The predicted molar refractivity (Wildman–Crippen MR) is 98.0 cm³/mol. The number of carbonyl (C=O) groups is 2. The number of para-hydroxylation sites is 1. The van der Waals surface area contributed by atoms with Crippen molar-refractivity contribution in [2.24, 2.45) is 0 Å². The third-order valence-corrected chi connectivity index (χ3v) is 3.94. The van der Waals surface area contributed by atoms with Crippen LogP contribution in [0, 0.1) is 0 Å². The van der Waals surface area contributed by atoms with E-state index < -0.39 is 23.6 Å². The summed E-state index contributed by atoms with van der Waals surface area (Å²) >= 11 is 0. The zero-order valence-electron chi connectivity index (χ0n) is 14.4. The molecule has 0 radical (unpaired) electrons. The predicted octanol–water partition coefficient (Wildman–Crippen LogP) is 3.02. The van der Waals surface area contributed by atoms with Crippen molar-refractivity contribution in [2.45, 2.75) is 18.6 Å². The molecule has 0 aromatic heterocycles. The number of carboxylic acid groups (broad SMARTS) is 1. The maximum Gasteiger partial charge on any atom is 0.344 e. The lowest BCUT2D eigenvalue weighted by Gasteiger charge is -2.33. The first-order valence-corrected chi connectivity index (χ1v) is 8.11. The van der Waals surface area contributed by atoms with Gasteiger partial charge in [-0.3, -0.25) is 0 Å². The van der Waals surface area contributed by atoms with Gasteiger partial charge in [0.05, 0.1) is 18.2 Å². The van der Waals surface area contributed by atoms with E-state index in [2.05, 4.69) is 11.9 Å². The summed E-state index contributed by atoms with van der Waals surface area (Å²) in [7, 11) is 0. The number of aromatic carboxylic acids is 1. The van der Waals surface area contributed by atoms with E-state index in [1.165, 1.54) is 6.07 Å². The van der Waals surface area contributed by atoms with Crippen LogP contribution in [-0.2, 0) is 9.53 Å². The summed E-state index contributed by atoms with van der Waals surface area (Å²) in [5.74, 6) is -2.00. The van der Waals surface area contributed by atoms with Gasteiger partial charge in [0.2, 0.25) is 5.60 Å². The molecule has 6 heteroatoms. The van der Waals surface area contributed by atoms with E-state index in [-0.39, 0.29) is 17.9 Å².